The van der Waals surface area contributed by atoms with Crippen molar-refractivity contribution in [2.75, 3.05) is 9.80 Å². The lowest BCUT2D eigenvalue weighted by atomic mass is 10.0. The fourth-order valence-electron chi connectivity index (χ4n) is 5.60. The van der Waals surface area contributed by atoms with Gasteiger partial charge in [0.15, 0.2) is 0 Å². The summed E-state index contributed by atoms with van der Waals surface area (Å²) in [5, 5.41) is 10.3. The van der Waals surface area contributed by atoms with E-state index in [1.165, 1.54) is 19.6 Å². The van der Waals surface area contributed by atoms with Crippen molar-refractivity contribution in [3.8, 4) is 17.2 Å². The minimum Gasteiger partial charge on any atom is -0.307 e. The molecule has 8 rings (SSSR count). The Hall–Kier alpha value is -4.96. The first kappa shape index (κ1) is 24.8. The second-order valence-corrected chi connectivity index (χ2v) is 12.2. The third-order valence-corrected chi connectivity index (χ3v) is 9.79. The molecule has 0 fully saturated rings. The number of nitrogens with zero attached hydrogens (tertiary/aromatic N) is 4. The molecule has 0 N–H and O–H groups in total. The first-order valence-corrected chi connectivity index (χ1v) is 15.2. The zero-order valence-corrected chi connectivity index (χ0v) is 23.9. The monoisotopic (exact) mass is 574 g/mol. The molecule has 0 saturated carbocycles. The van der Waals surface area contributed by atoms with Crippen LogP contribution in [-0.2, 0) is 0 Å². The molecule has 0 atom stereocenters. The van der Waals surface area contributed by atoms with Crippen LogP contribution in [0.5, 0.6) is 0 Å². The lowest BCUT2D eigenvalue weighted by Crippen LogP contribution is -2.16. The van der Waals surface area contributed by atoms with E-state index in [-0.39, 0.29) is 0 Å². The first-order valence-electron chi connectivity index (χ1n) is 13.6. The van der Waals surface area contributed by atoms with Gasteiger partial charge in [-0.1, -0.05) is 78.1 Å². The van der Waals surface area contributed by atoms with Gasteiger partial charge in [0, 0.05) is 31.3 Å². The van der Waals surface area contributed by atoms with Crippen molar-refractivity contribution in [1.29, 1.82) is 5.26 Å². The van der Waals surface area contributed by atoms with Crippen LogP contribution >= 0.6 is 23.5 Å². The predicted molar refractivity (Wildman–Crippen MR) is 172 cm³/mol. The van der Waals surface area contributed by atoms with Crippen LogP contribution in [0.15, 0.2) is 153 Å². The summed E-state index contributed by atoms with van der Waals surface area (Å²) in [6.45, 7) is 0. The van der Waals surface area contributed by atoms with Crippen LogP contribution in [0, 0.1) is 11.3 Å². The average molecular weight is 575 g/mol. The molecule has 0 amide bonds. The van der Waals surface area contributed by atoms with Gasteiger partial charge in [-0.25, -0.2) is 4.98 Å². The van der Waals surface area contributed by atoms with Crippen molar-refractivity contribution in [2.24, 2.45) is 0 Å². The van der Waals surface area contributed by atoms with Crippen LogP contribution in [0.3, 0.4) is 0 Å². The molecule has 0 aliphatic carbocycles. The summed E-state index contributed by atoms with van der Waals surface area (Å²) < 4.78 is 0. The summed E-state index contributed by atoms with van der Waals surface area (Å²) in [4.78, 5) is 14.1. The summed E-state index contributed by atoms with van der Waals surface area (Å²) in [6, 6.07) is 46.3. The van der Waals surface area contributed by atoms with Crippen molar-refractivity contribution in [2.45, 2.75) is 19.6 Å². The van der Waals surface area contributed by atoms with Crippen molar-refractivity contribution in [1.82, 2.24) is 4.98 Å². The van der Waals surface area contributed by atoms with Crippen LogP contribution in [0.1, 0.15) is 5.56 Å². The fraction of sp³-hybridized carbons (Fsp3) is 0. The van der Waals surface area contributed by atoms with E-state index in [9.17, 15) is 5.26 Å². The van der Waals surface area contributed by atoms with Gasteiger partial charge in [0.25, 0.3) is 0 Å². The molecular weight excluding hydrogens is 553 g/mol. The highest BCUT2D eigenvalue weighted by Gasteiger charge is 2.27. The van der Waals surface area contributed by atoms with Crippen LogP contribution < -0.4 is 9.80 Å². The molecule has 6 heteroatoms. The zero-order valence-electron chi connectivity index (χ0n) is 22.3. The second kappa shape index (κ2) is 10.1. The van der Waals surface area contributed by atoms with Crippen molar-refractivity contribution in [3.63, 3.8) is 0 Å². The number of anilines is 6. The molecule has 0 unspecified atom stereocenters. The van der Waals surface area contributed by atoms with E-state index in [4.69, 9.17) is 4.98 Å². The number of benzene rings is 5. The number of hydrogen-bond acceptors (Lipinski definition) is 6. The van der Waals surface area contributed by atoms with Gasteiger partial charge in [0.05, 0.1) is 34.0 Å². The third kappa shape index (κ3) is 4.06. The van der Waals surface area contributed by atoms with E-state index in [2.05, 4.69) is 125 Å². The van der Waals surface area contributed by atoms with Crippen molar-refractivity contribution >= 4 is 57.8 Å². The average Bonchev–Trinajstić information content (AvgIpc) is 3.06. The molecule has 0 bridgehead atoms. The van der Waals surface area contributed by atoms with Gasteiger partial charge in [-0.05, 0) is 78.4 Å². The SMILES string of the molecule is N#Cc1cc(-c2ccc(N3c4ccccc4Sc4ccccc43)nc2)ccc1N1c2ccccc2Sc2ccccc21. The van der Waals surface area contributed by atoms with E-state index in [1.807, 2.05) is 24.4 Å². The van der Waals surface area contributed by atoms with Crippen molar-refractivity contribution in [3.05, 3.63) is 139 Å². The molecule has 6 aromatic rings. The van der Waals surface area contributed by atoms with Crippen LogP contribution in [-0.4, -0.2) is 4.98 Å². The summed E-state index contributed by atoms with van der Waals surface area (Å²) in [5.74, 6) is 0.857. The molecule has 3 heterocycles. The molecule has 0 spiro atoms. The highest BCUT2D eigenvalue weighted by Crippen LogP contribution is 2.53. The summed E-state index contributed by atoms with van der Waals surface area (Å²) >= 11 is 3.55. The minimum atomic E-state index is 0.615. The predicted octanol–water partition coefficient (Wildman–Crippen LogP) is 10.5. The maximum absolute atomic E-state index is 10.3. The Morgan fingerprint density at radius 2 is 0.976 bits per heavy atom. The zero-order chi connectivity index (χ0) is 28.0. The molecule has 5 aromatic carbocycles. The largest absolute Gasteiger partial charge is 0.307 e. The highest BCUT2D eigenvalue weighted by atomic mass is 32.2. The summed E-state index contributed by atoms with van der Waals surface area (Å²) in [5.41, 5.74) is 7.81. The Morgan fingerprint density at radius 1 is 0.500 bits per heavy atom. The van der Waals surface area contributed by atoms with Crippen LogP contribution in [0.4, 0.5) is 34.3 Å². The van der Waals surface area contributed by atoms with Crippen LogP contribution in [0.25, 0.3) is 11.1 Å². The number of hydrogen-bond donors (Lipinski definition) is 0. The standard InChI is InChI=1S/C36H22N4S2/c37-22-26-21-24(17-19-27(26)39-28-9-1-5-13-32(28)41-33-14-6-2-10-29(33)39)25-18-20-36(38-23-25)40-30-11-3-7-15-34(30)42-35-16-8-4-12-31(35)40/h1-21,23H. The van der Waals surface area contributed by atoms with E-state index >= 15 is 0 Å². The lowest BCUT2D eigenvalue weighted by Gasteiger charge is -2.33. The molecule has 0 saturated heterocycles. The summed E-state index contributed by atoms with van der Waals surface area (Å²) in [7, 11) is 0. The van der Waals surface area contributed by atoms with Gasteiger partial charge < -0.3 is 4.90 Å². The van der Waals surface area contributed by atoms with E-state index in [0.717, 1.165) is 45.4 Å². The number of aromatic nitrogens is 1. The van der Waals surface area contributed by atoms with Gasteiger partial charge in [-0.2, -0.15) is 5.26 Å². The van der Waals surface area contributed by atoms with Gasteiger partial charge in [0.2, 0.25) is 0 Å². The first-order chi connectivity index (χ1) is 20.8. The van der Waals surface area contributed by atoms with Crippen LogP contribution in [0.2, 0.25) is 0 Å². The Balaban J connectivity index is 1.18. The van der Waals surface area contributed by atoms with E-state index < -0.39 is 0 Å². The molecule has 198 valence electrons. The molecular formula is C36H22N4S2. The number of para-hydroxylation sites is 4. The quantitative estimate of drug-likeness (QED) is 0.209. The third-order valence-electron chi connectivity index (χ3n) is 7.53. The number of fused-ring (bicyclic) bond motifs is 4. The Labute approximate surface area is 252 Å². The minimum absolute atomic E-state index is 0.615. The molecule has 2 aliphatic rings. The Morgan fingerprint density at radius 3 is 1.45 bits per heavy atom. The van der Waals surface area contributed by atoms with E-state index in [1.54, 1.807) is 23.5 Å². The molecule has 1 aromatic heterocycles. The van der Waals surface area contributed by atoms with Gasteiger partial charge >= 0.3 is 0 Å². The molecule has 2 aliphatic heterocycles. The van der Waals surface area contributed by atoms with Gasteiger partial charge in [0.1, 0.15) is 11.9 Å². The number of pyridine rings is 1. The lowest BCUT2D eigenvalue weighted by molar-refractivity contribution is 1.11. The molecule has 0 radical (unpaired) electrons. The van der Waals surface area contributed by atoms with Gasteiger partial charge in [-0.3, -0.25) is 4.90 Å². The topological polar surface area (TPSA) is 43.2 Å². The maximum Gasteiger partial charge on any atom is 0.137 e. The Kier molecular flexibility index (Phi) is 5.99. The smallest absolute Gasteiger partial charge is 0.137 e. The normalized spacial score (nSPS) is 12.9. The highest BCUT2D eigenvalue weighted by molar-refractivity contribution is 8.00. The Bertz CT molecular complexity index is 1940. The number of nitriles is 1. The number of rotatable bonds is 3. The van der Waals surface area contributed by atoms with E-state index in [0.29, 0.717) is 5.56 Å². The molecule has 4 nitrogen and oxygen atoms in total. The second-order valence-electron chi connectivity index (χ2n) is 9.99. The summed E-state index contributed by atoms with van der Waals surface area (Å²) in [6.07, 6.45) is 1.90. The van der Waals surface area contributed by atoms with Crippen molar-refractivity contribution < 1.29 is 0 Å². The van der Waals surface area contributed by atoms with Gasteiger partial charge in [-0.15, -0.1) is 0 Å². The maximum atomic E-state index is 10.3. The fourth-order valence-corrected chi connectivity index (χ4v) is 7.72. The molecule has 42 heavy (non-hydrogen) atoms.